The number of hydrogen-bond acceptors (Lipinski definition) is 5. The number of hydrogen-bond donors (Lipinski definition) is 1. The third kappa shape index (κ3) is 3.86. The van der Waals surface area contributed by atoms with Gasteiger partial charge in [0.2, 0.25) is 10.0 Å². The van der Waals surface area contributed by atoms with Gasteiger partial charge in [-0.3, -0.25) is 4.72 Å². The third-order valence-electron chi connectivity index (χ3n) is 4.17. The molecule has 138 valence electrons. The van der Waals surface area contributed by atoms with E-state index in [-0.39, 0.29) is 12.0 Å². The van der Waals surface area contributed by atoms with E-state index in [0.29, 0.717) is 17.4 Å². The molecule has 1 aliphatic heterocycles. The number of halogens is 1. The molecule has 4 rings (SSSR count). The van der Waals surface area contributed by atoms with Crippen molar-refractivity contribution in [2.45, 2.75) is 12.5 Å². The van der Waals surface area contributed by atoms with Crippen LogP contribution in [-0.2, 0) is 10.0 Å². The number of rotatable bonds is 4. The van der Waals surface area contributed by atoms with Gasteiger partial charge in [-0.1, -0.05) is 54.1 Å². The number of sulfonamides is 1. The smallest absolute Gasteiger partial charge is 0.250 e. The number of aliphatic imine (C=N–C) groups is 1. The molecule has 0 spiro atoms. The van der Waals surface area contributed by atoms with Crippen LogP contribution in [-0.4, -0.2) is 35.1 Å². The predicted molar refractivity (Wildman–Crippen MR) is 105 cm³/mol. The van der Waals surface area contributed by atoms with Crippen LogP contribution < -0.4 is 4.72 Å². The molecule has 1 N–H and O–H groups in total. The molecule has 0 fully saturated rings. The Bertz CT molecular complexity index is 1110. The predicted octanol–water partition coefficient (Wildman–Crippen LogP) is 3.42. The van der Waals surface area contributed by atoms with Crippen molar-refractivity contribution in [3.8, 4) is 0 Å². The third-order valence-corrected chi connectivity index (χ3v) is 4.97. The van der Waals surface area contributed by atoms with Crippen molar-refractivity contribution in [2.24, 2.45) is 4.99 Å². The van der Waals surface area contributed by atoms with E-state index in [1.165, 1.54) is 0 Å². The average Bonchev–Trinajstić information content (AvgIpc) is 3.02. The van der Waals surface area contributed by atoms with Gasteiger partial charge >= 0.3 is 0 Å². The van der Waals surface area contributed by atoms with Gasteiger partial charge in [0.25, 0.3) is 11.9 Å². The second-order valence-electron chi connectivity index (χ2n) is 6.25. The first kappa shape index (κ1) is 17.7. The van der Waals surface area contributed by atoms with Crippen LogP contribution in [0, 0.1) is 0 Å². The van der Waals surface area contributed by atoms with E-state index in [1.54, 1.807) is 4.68 Å². The van der Waals surface area contributed by atoms with Crippen LogP contribution in [0.1, 0.15) is 23.6 Å². The van der Waals surface area contributed by atoms with E-state index in [4.69, 9.17) is 11.6 Å². The topological polar surface area (TPSA) is 89.2 Å². The molecule has 0 amide bonds. The molecule has 1 aliphatic rings. The summed E-state index contributed by atoms with van der Waals surface area (Å²) in [4.78, 5) is 8.86. The molecular formula is C18H16ClN5O2S. The fourth-order valence-corrected chi connectivity index (χ4v) is 3.55. The molecule has 0 radical (unpaired) electrons. The van der Waals surface area contributed by atoms with E-state index in [2.05, 4.69) is 19.8 Å². The minimum Gasteiger partial charge on any atom is -0.250 e. The molecule has 9 heteroatoms. The lowest BCUT2D eigenvalue weighted by Gasteiger charge is -2.23. The highest BCUT2D eigenvalue weighted by Crippen LogP contribution is 2.34. The zero-order valence-corrected chi connectivity index (χ0v) is 15.9. The van der Waals surface area contributed by atoms with Crippen molar-refractivity contribution in [1.29, 1.82) is 0 Å². The van der Waals surface area contributed by atoms with Gasteiger partial charge in [-0.25, -0.2) is 18.1 Å². The van der Waals surface area contributed by atoms with Gasteiger partial charge in [0, 0.05) is 11.4 Å². The van der Waals surface area contributed by atoms with Gasteiger partial charge in [0.15, 0.2) is 0 Å². The van der Waals surface area contributed by atoms with E-state index < -0.39 is 10.0 Å². The number of anilines is 1. The van der Waals surface area contributed by atoms with E-state index >= 15 is 0 Å². The fourth-order valence-electron chi connectivity index (χ4n) is 3.00. The lowest BCUT2D eigenvalue weighted by atomic mass is 9.96. The van der Waals surface area contributed by atoms with E-state index in [0.717, 1.165) is 23.1 Å². The zero-order valence-electron chi connectivity index (χ0n) is 14.4. The Morgan fingerprint density at radius 1 is 1.11 bits per heavy atom. The molecule has 0 saturated carbocycles. The summed E-state index contributed by atoms with van der Waals surface area (Å²) in [5.41, 5.74) is 2.84. The summed E-state index contributed by atoms with van der Waals surface area (Å²) >= 11 is 6.02. The van der Waals surface area contributed by atoms with Gasteiger partial charge in [0.1, 0.15) is 0 Å². The highest BCUT2D eigenvalue weighted by molar-refractivity contribution is 7.91. The van der Waals surface area contributed by atoms with Crippen molar-refractivity contribution in [3.63, 3.8) is 0 Å². The van der Waals surface area contributed by atoms with Crippen LogP contribution in [0.4, 0.5) is 11.9 Å². The van der Waals surface area contributed by atoms with Gasteiger partial charge < -0.3 is 0 Å². The number of nitrogens with zero attached hydrogens (tertiary/aromatic N) is 4. The number of nitrogens with one attached hydrogen (secondary N) is 1. The minimum absolute atomic E-state index is 0.00419. The van der Waals surface area contributed by atoms with Gasteiger partial charge in [-0.15, -0.1) is 5.10 Å². The molecule has 1 atom stereocenters. The van der Waals surface area contributed by atoms with Crippen LogP contribution in [0.2, 0.25) is 5.02 Å². The largest absolute Gasteiger partial charge is 0.257 e. The molecule has 3 aromatic rings. The SMILES string of the molecule is CS(=O)(=O)Nc1nc2n(n1)C(c1ccc(Cl)cc1)CC(c1ccccc1)=N2. The van der Waals surface area contributed by atoms with Crippen molar-refractivity contribution >= 4 is 39.2 Å². The summed E-state index contributed by atoms with van der Waals surface area (Å²) in [6, 6.07) is 17.1. The maximum atomic E-state index is 11.5. The second-order valence-corrected chi connectivity index (χ2v) is 8.44. The first-order valence-corrected chi connectivity index (χ1v) is 10.5. The lowest BCUT2D eigenvalue weighted by Crippen LogP contribution is -2.21. The molecular weight excluding hydrogens is 386 g/mol. The second kappa shape index (κ2) is 6.79. The maximum Gasteiger partial charge on any atom is 0.257 e. The quantitative estimate of drug-likeness (QED) is 0.725. The lowest BCUT2D eigenvalue weighted by molar-refractivity contribution is 0.532. The molecule has 1 aromatic heterocycles. The Hall–Kier alpha value is -2.71. The highest BCUT2D eigenvalue weighted by Gasteiger charge is 2.28. The minimum atomic E-state index is -3.48. The van der Waals surface area contributed by atoms with Gasteiger partial charge in [0.05, 0.1) is 18.0 Å². The Balaban J connectivity index is 1.81. The molecule has 0 bridgehead atoms. The molecule has 2 heterocycles. The molecule has 2 aromatic carbocycles. The normalized spacial score (nSPS) is 16.5. The van der Waals surface area contributed by atoms with Crippen LogP contribution in [0.3, 0.4) is 0 Å². The van der Waals surface area contributed by atoms with Crippen molar-refractivity contribution in [3.05, 3.63) is 70.7 Å². The maximum absolute atomic E-state index is 11.5. The monoisotopic (exact) mass is 401 g/mol. The Kier molecular flexibility index (Phi) is 4.45. The molecule has 0 saturated heterocycles. The van der Waals surface area contributed by atoms with Gasteiger partial charge in [-0.05, 0) is 23.3 Å². The summed E-state index contributed by atoms with van der Waals surface area (Å²) < 4.78 is 27.0. The summed E-state index contributed by atoms with van der Waals surface area (Å²) in [6.45, 7) is 0. The first-order chi connectivity index (χ1) is 12.9. The number of benzene rings is 2. The van der Waals surface area contributed by atoms with E-state index in [1.807, 2.05) is 54.6 Å². The Morgan fingerprint density at radius 3 is 2.48 bits per heavy atom. The summed E-state index contributed by atoms with van der Waals surface area (Å²) in [6.07, 6.45) is 1.66. The van der Waals surface area contributed by atoms with Gasteiger partial charge in [-0.2, -0.15) is 4.98 Å². The molecule has 27 heavy (non-hydrogen) atoms. The van der Waals surface area contributed by atoms with Crippen LogP contribution in [0.25, 0.3) is 0 Å². The number of aromatic nitrogens is 3. The standard InChI is InChI=1S/C18H16ClN5O2S/c1-27(25,26)23-17-21-18-20-15(12-5-3-2-4-6-12)11-16(24(18)22-17)13-7-9-14(19)10-8-13/h2-10,16H,11H2,1H3,(H,22,23). The number of fused-ring (bicyclic) bond motifs is 1. The molecule has 0 aliphatic carbocycles. The highest BCUT2D eigenvalue weighted by atomic mass is 35.5. The summed E-state index contributed by atoms with van der Waals surface area (Å²) in [5.74, 6) is 0.357. The molecule has 7 nitrogen and oxygen atoms in total. The summed E-state index contributed by atoms with van der Waals surface area (Å²) in [5, 5.41) is 4.96. The van der Waals surface area contributed by atoms with Crippen molar-refractivity contribution in [2.75, 3.05) is 11.0 Å². The van der Waals surface area contributed by atoms with Crippen LogP contribution in [0.5, 0.6) is 0 Å². The van der Waals surface area contributed by atoms with E-state index in [9.17, 15) is 8.42 Å². The summed E-state index contributed by atoms with van der Waals surface area (Å²) in [7, 11) is -3.48. The van der Waals surface area contributed by atoms with Crippen LogP contribution in [0.15, 0.2) is 59.6 Å². The fraction of sp³-hybridized carbons (Fsp3) is 0.167. The van der Waals surface area contributed by atoms with Crippen LogP contribution >= 0.6 is 11.6 Å². The Labute approximate surface area is 161 Å². The first-order valence-electron chi connectivity index (χ1n) is 8.22. The van der Waals surface area contributed by atoms with Crippen molar-refractivity contribution < 1.29 is 8.42 Å². The average molecular weight is 402 g/mol. The van der Waals surface area contributed by atoms with Crippen molar-refractivity contribution in [1.82, 2.24) is 14.8 Å². The zero-order chi connectivity index (χ0) is 19.0. The molecule has 1 unspecified atom stereocenters. The Morgan fingerprint density at radius 2 is 1.81 bits per heavy atom.